The minimum atomic E-state index is 1.17. The third-order valence-electron chi connectivity index (χ3n) is 0.250. The van der Waals surface area contributed by atoms with Crippen molar-refractivity contribution in [3.8, 4) is 0 Å². The van der Waals surface area contributed by atoms with Crippen molar-refractivity contribution in [2.75, 3.05) is 13.1 Å². The van der Waals surface area contributed by atoms with E-state index in [-0.39, 0.29) is 0 Å². The molecule has 0 saturated carbocycles. The van der Waals surface area contributed by atoms with Crippen LogP contribution in [0.3, 0.4) is 0 Å². The van der Waals surface area contributed by atoms with Crippen molar-refractivity contribution in [3.05, 3.63) is 0 Å². The molecule has 0 radical (unpaired) electrons. The average Bonchev–Trinajstić information content (AvgIpc) is 2.19. The molecule has 30 valence electrons. The highest BCUT2D eigenvalue weighted by atomic mass is 31.0. The molecule has 0 aromatic heterocycles. The van der Waals surface area contributed by atoms with E-state index >= 15 is 0 Å². The molecule has 3 heteroatoms. The summed E-state index contributed by atoms with van der Waals surface area (Å²) in [7, 11) is 1.17. The number of nitrogens with one attached hydrogen (secondary N) is 1. The van der Waals surface area contributed by atoms with Crippen LogP contribution in [-0.4, -0.2) is 13.1 Å². The van der Waals surface area contributed by atoms with Gasteiger partial charge in [0.1, 0.15) is 0 Å². The Kier molecular flexibility index (Phi) is 4.11. The standard InChI is InChI=1S/C2H5N.H2OP/c1-2-3-1;1-2/h3H,1-2H2;2H2/q;+1. The second kappa shape index (κ2) is 4.06. The Labute approximate surface area is 33.2 Å². The average molecular weight is 92.1 g/mol. The van der Waals surface area contributed by atoms with Gasteiger partial charge in [-0.05, 0) is 0 Å². The summed E-state index contributed by atoms with van der Waals surface area (Å²) >= 11 is 0. The Morgan fingerprint density at radius 2 is 1.60 bits per heavy atom. The van der Waals surface area contributed by atoms with E-state index in [4.69, 9.17) is 4.57 Å². The molecular weight excluding hydrogens is 85.0 g/mol. The molecular formula is C2H7NOP+. The summed E-state index contributed by atoms with van der Waals surface area (Å²) in [6.45, 7) is 2.50. The Bertz CT molecular complexity index is 20.9. The van der Waals surface area contributed by atoms with E-state index in [1.807, 2.05) is 0 Å². The van der Waals surface area contributed by atoms with Crippen LogP contribution in [0, 0.1) is 0 Å². The topological polar surface area (TPSA) is 39.0 Å². The van der Waals surface area contributed by atoms with Crippen molar-refractivity contribution in [1.29, 1.82) is 0 Å². The molecule has 0 amide bonds. The molecule has 0 spiro atoms. The van der Waals surface area contributed by atoms with Gasteiger partial charge in [-0.25, -0.2) is 0 Å². The van der Waals surface area contributed by atoms with Gasteiger partial charge in [0.25, 0.3) is 0 Å². The second-order valence-corrected chi connectivity index (χ2v) is 0.750. The minimum absolute atomic E-state index is 1.17. The molecule has 1 N–H and O–H groups in total. The van der Waals surface area contributed by atoms with Gasteiger partial charge >= 0.3 is 9.12 Å². The first-order chi connectivity index (χ1) is 2.50. The Hall–Kier alpha value is 0.0600. The van der Waals surface area contributed by atoms with Crippen LogP contribution in [-0.2, 0) is 4.57 Å². The van der Waals surface area contributed by atoms with Gasteiger partial charge in [0.2, 0.25) is 0 Å². The van der Waals surface area contributed by atoms with Crippen molar-refractivity contribution in [1.82, 2.24) is 5.32 Å². The van der Waals surface area contributed by atoms with E-state index in [1.165, 1.54) is 22.2 Å². The van der Waals surface area contributed by atoms with E-state index in [1.54, 1.807) is 0 Å². The van der Waals surface area contributed by atoms with Crippen LogP contribution in [0.1, 0.15) is 0 Å². The number of hydrogen-bond donors (Lipinski definition) is 1. The first-order valence-corrected chi connectivity index (χ1v) is 1.91. The van der Waals surface area contributed by atoms with Gasteiger partial charge in [0.15, 0.2) is 0 Å². The molecule has 0 bridgehead atoms. The van der Waals surface area contributed by atoms with Crippen molar-refractivity contribution < 1.29 is 4.57 Å². The van der Waals surface area contributed by atoms with Crippen LogP contribution in [0.25, 0.3) is 0 Å². The Balaban J connectivity index is 0.0000000733. The largest absolute Gasteiger partial charge is 0.314 e. The predicted octanol–water partition coefficient (Wildman–Crippen LogP) is -0.203. The molecule has 0 aliphatic carbocycles. The lowest BCUT2D eigenvalue weighted by molar-refractivity contribution is 0.607. The highest BCUT2D eigenvalue weighted by Crippen LogP contribution is 1.65. The molecule has 1 heterocycles. The van der Waals surface area contributed by atoms with Crippen LogP contribution >= 0.6 is 9.12 Å². The molecule has 1 rings (SSSR count). The first kappa shape index (κ1) is 5.06. The maximum absolute atomic E-state index is 8.17. The second-order valence-electron chi connectivity index (χ2n) is 0.750. The lowest BCUT2D eigenvalue weighted by atomic mass is 11.0. The van der Waals surface area contributed by atoms with Crippen molar-refractivity contribution in [3.63, 3.8) is 0 Å². The van der Waals surface area contributed by atoms with Gasteiger partial charge in [0.05, 0.1) is 0 Å². The lowest BCUT2D eigenvalue weighted by Crippen LogP contribution is -1.56. The maximum atomic E-state index is 8.17. The fourth-order valence-corrected chi connectivity index (χ4v) is 0. The van der Waals surface area contributed by atoms with Gasteiger partial charge in [-0.15, -0.1) is 0 Å². The van der Waals surface area contributed by atoms with Crippen LogP contribution < -0.4 is 5.32 Å². The minimum Gasteiger partial charge on any atom is -0.314 e. The summed E-state index contributed by atoms with van der Waals surface area (Å²) in [6.07, 6.45) is 0. The zero-order valence-corrected chi connectivity index (χ0v) is 4.05. The Morgan fingerprint density at radius 1 is 1.40 bits per heavy atom. The maximum Gasteiger partial charge on any atom is 0.310 e. The van der Waals surface area contributed by atoms with Gasteiger partial charge in [-0.3, -0.25) is 0 Å². The van der Waals surface area contributed by atoms with Gasteiger partial charge < -0.3 is 5.32 Å². The van der Waals surface area contributed by atoms with Crippen molar-refractivity contribution in [2.24, 2.45) is 0 Å². The quantitative estimate of drug-likeness (QED) is 0.332. The van der Waals surface area contributed by atoms with Crippen LogP contribution in [0.5, 0.6) is 0 Å². The lowest BCUT2D eigenvalue weighted by Gasteiger charge is -1.21. The predicted molar refractivity (Wildman–Crippen MR) is 23.3 cm³/mol. The van der Waals surface area contributed by atoms with E-state index in [9.17, 15) is 0 Å². The monoisotopic (exact) mass is 92.0 g/mol. The summed E-state index contributed by atoms with van der Waals surface area (Å²) in [6, 6.07) is 0. The zero-order valence-electron chi connectivity index (χ0n) is 2.90. The normalized spacial score (nSPS) is 15.2. The van der Waals surface area contributed by atoms with Gasteiger partial charge in [-0.2, -0.15) is 0 Å². The summed E-state index contributed by atoms with van der Waals surface area (Å²) in [4.78, 5) is 0. The van der Waals surface area contributed by atoms with E-state index in [0.29, 0.717) is 0 Å². The summed E-state index contributed by atoms with van der Waals surface area (Å²) in [5.41, 5.74) is 0. The Morgan fingerprint density at radius 3 is 1.60 bits per heavy atom. The van der Waals surface area contributed by atoms with E-state index in [0.717, 1.165) is 0 Å². The fraction of sp³-hybridized carbons (Fsp3) is 1.00. The SMILES string of the molecule is C1CN1.O=[PH2+]. The summed E-state index contributed by atoms with van der Waals surface area (Å²) in [5, 5.41) is 3.00. The molecule has 0 aromatic carbocycles. The molecule has 1 unspecified atom stereocenters. The van der Waals surface area contributed by atoms with E-state index in [2.05, 4.69) is 5.32 Å². The third-order valence-corrected chi connectivity index (χ3v) is 0.250. The smallest absolute Gasteiger partial charge is 0.310 e. The molecule has 1 aliphatic rings. The molecule has 1 saturated heterocycles. The molecule has 1 atom stereocenters. The first-order valence-electron chi connectivity index (χ1n) is 1.44. The van der Waals surface area contributed by atoms with Gasteiger partial charge in [-0.1, -0.05) is 4.57 Å². The van der Waals surface area contributed by atoms with E-state index < -0.39 is 0 Å². The molecule has 1 fully saturated rings. The van der Waals surface area contributed by atoms with Crippen LogP contribution in [0.2, 0.25) is 0 Å². The third kappa shape index (κ3) is 15.3. The summed E-state index contributed by atoms with van der Waals surface area (Å²) in [5.74, 6) is 0. The number of hydrogen-bond acceptors (Lipinski definition) is 2. The van der Waals surface area contributed by atoms with Crippen LogP contribution in [0.15, 0.2) is 0 Å². The van der Waals surface area contributed by atoms with Crippen LogP contribution in [0.4, 0.5) is 0 Å². The molecule has 5 heavy (non-hydrogen) atoms. The van der Waals surface area contributed by atoms with Gasteiger partial charge in [0, 0.05) is 13.1 Å². The van der Waals surface area contributed by atoms with Crippen molar-refractivity contribution in [2.45, 2.75) is 0 Å². The molecule has 0 aromatic rings. The fourth-order valence-electron chi connectivity index (χ4n) is 0. The highest BCUT2D eigenvalue weighted by Gasteiger charge is 1.91. The van der Waals surface area contributed by atoms with Crippen molar-refractivity contribution >= 4 is 9.12 Å². The highest BCUT2D eigenvalue weighted by molar-refractivity contribution is 7.00. The molecule has 2 nitrogen and oxygen atoms in total. The number of rotatable bonds is 0. The summed E-state index contributed by atoms with van der Waals surface area (Å²) < 4.78 is 8.17. The zero-order chi connectivity index (χ0) is 4.12. The molecule has 1 aliphatic heterocycles.